The lowest BCUT2D eigenvalue weighted by Gasteiger charge is -2.41. The Morgan fingerprint density at radius 2 is 1.95 bits per heavy atom. The lowest BCUT2D eigenvalue weighted by molar-refractivity contribution is 0.0962. The normalized spacial score (nSPS) is 25.8. The molecule has 0 aliphatic heterocycles. The molecule has 1 unspecified atom stereocenters. The summed E-state index contributed by atoms with van der Waals surface area (Å²) in [6.07, 6.45) is 6.21. The highest BCUT2D eigenvalue weighted by molar-refractivity contribution is 6.30. The molecule has 0 amide bonds. The smallest absolute Gasteiger partial charge is 0.0409 e. The topological polar surface area (TPSA) is 29.3 Å². The van der Waals surface area contributed by atoms with Crippen molar-refractivity contribution in [2.24, 2.45) is 11.1 Å². The van der Waals surface area contributed by atoms with Gasteiger partial charge in [0.05, 0.1) is 0 Å². The number of benzene rings is 1. The Bertz CT molecular complexity index is 472. The quantitative estimate of drug-likeness (QED) is 0.832. The molecule has 1 aromatic rings. The van der Waals surface area contributed by atoms with Crippen molar-refractivity contribution in [3.05, 3.63) is 34.9 Å². The van der Waals surface area contributed by atoms with E-state index in [2.05, 4.69) is 37.9 Å². The highest BCUT2D eigenvalue weighted by Crippen LogP contribution is 2.40. The minimum atomic E-state index is 0.135. The van der Waals surface area contributed by atoms with Gasteiger partial charge >= 0.3 is 0 Å². The lowest BCUT2D eigenvalue weighted by Crippen LogP contribution is -2.51. The van der Waals surface area contributed by atoms with Crippen LogP contribution in [0.5, 0.6) is 0 Å². The third-order valence-electron chi connectivity index (χ3n) is 5.26. The van der Waals surface area contributed by atoms with E-state index in [9.17, 15) is 0 Å². The third kappa shape index (κ3) is 4.21. The molecule has 0 bridgehead atoms. The molecular weight excluding hydrogens is 280 g/mol. The van der Waals surface area contributed by atoms with Crippen LogP contribution in [0.1, 0.15) is 51.5 Å². The summed E-state index contributed by atoms with van der Waals surface area (Å²) >= 11 is 6.10. The van der Waals surface area contributed by atoms with Crippen LogP contribution in [0.4, 0.5) is 0 Å². The molecule has 0 heterocycles. The lowest BCUT2D eigenvalue weighted by atomic mass is 9.83. The second-order valence-corrected chi connectivity index (χ2v) is 7.87. The minimum Gasteiger partial charge on any atom is -0.329 e. The van der Waals surface area contributed by atoms with Crippen molar-refractivity contribution in [2.45, 2.75) is 58.0 Å². The fraction of sp³-hybridized carbons (Fsp3) is 0.667. The van der Waals surface area contributed by atoms with E-state index in [1.807, 2.05) is 12.1 Å². The van der Waals surface area contributed by atoms with E-state index in [0.29, 0.717) is 5.41 Å². The van der Waals surface area contributed by atoms with E-state index in [1.54, 1.807) is 0 Å². The fourth-order valence-corrected chi connectivity index (χ4v) is 3.75. The van der Waals surface area contributed by atoms with E-state index >= 15 is 0 Å². The van der Waals surface area contributed by atoms with Crippen molar-refractivity contribution < 1.29 is 0 Å². The zero-order valence-corrected chi connectivity index (χ0v) is 14.4. The summed E-state index contributed by atoms with van der Waals surface area (Å²) in [5.41, 5.74) is 8.07. The monoisotopic (exact) mass is 308 g/mol. The highest BCUT2D eigenvalue weighted by Gasteiger charge is 2.37. The minimum absolute atomic E-state index is 0.135. The zero-order valence-electron chi connectivity index (χ0n) is 13.7. The summed E-state index contributed by atoms with van der Waals surface area (Å²) in [5.74, 6) is 0. The van der Waals surface area contributed by atoms with Gasteiger partial charge < -0.3 is 5.73 Å². The van der Waals surface area contributed by atoms with Crippen LogP contribution >= 0.6 is 11.6 Å². The van der Waals surface area contributed by atoms with Crippen molar-refractivity contribution in [2.75, 3.05) is 13.6 Å². The van der Waals surface area contributed by atoms with E-state index in [1.165, 1.54) is 37.7 Å². The molecule has 21 heavy (non-hydrogen) atoms. The van der Waals surface area contributed by atoms with E-state index in [4.69, 9.17) is 17.3 Å². The molecule has 0 aromatic heterocycles. The van der Waals surface area contributed by atoms with Gasteiger partial charge in [-0.3, -0.25) is 4.90 Å². The Kier molecular flexibility index (Phi) is 5.34. The summed E-state index contributed by atoms with van der Waals surface area (Å²) in [6, 6.07) is 8.16. The average Bonchev–Trinajstić information content (AvgIpc) is 2.58. The molecule has 1 aliphatic carbocycles. The molecule has 2 nitrogen and oxygen atoms in total. The fourth-order valence-electron chi connectivity index (χ4n) is 3.54. The molecule has 2 rings (SSSR count). The standard InChI is InChI=1S/C18H29ClN2/c1-17(2)8-5-9-18(14-20,11-10-17)21(3)13-15-6-4-7-16(19)12-15/h4,6-7,12H,5,8-11,13-14,20H2,1-3H3. The van der Waals surface area contributed by atoms with E-state index in [-0.39, 0.29) is 5.54 Å². The first-order chi connectivity index (χ1) is 9.87. The Labute approximate surface area is 134 Å². The summed E-state index contributed by atoms with van der Waals surface area (Å²) in [5, 5.41) is 0.810. The van der Waals surface area contributed by atoms with Gasteiger partial charge in [0.25, 0.3) is 0 Å². The third-order valence-corrected chi connectivity index (χ3v) is 5.50. The van der Waals surface area contributed by atoms with Crippen LogP contribution in [0.2, 0.25) is 5.02 Å². The van der Waals surface area contributed by atoms with Crippen LogP contribution in [0.15, 0.2) is 24.3 Å². The van der Waals surface area contributed by atoms with Crippen LogP contribution < -0.4 is 5.73 Å². The second-order valence-electron chi connectivity index (χ2n) is 7.43. The van der Waals surface area contributed by atoms with E-state index < -0.39 is 0 Å². The van der Waals surface area contributed by atoms with Crippen molar-refractivity contribution >= 4 is 11.6 Å². The first-order valence-electron chi connectivity index (χ1n) is 8.03. The zero-order chi connectivity index (χ0) is 15.5. The molecule has 118 valence electrons. The number of rotatable bonds is 4. The molecule has 1 aliphatic rings. The maximum absolute atomic E-state index is 6.21. The molecule has 0 radical (unpaired) electrons. The van der Waals surface area contributed by atoms with Crippen LogP contribution in [-0.2, 0) is 6.54 Å². The van der Waals surface area contributed by atoms with Crippen LogP contribution in [-0.4, -0.2) is 24.0 Å². The SMILES string of the molecule is CN(Cc1cccc(Cl)c1)C1(CN)CCCC(C)(C)CC1. The molecule has 1 saturated carbocycles. The molecule has 3 heteroatoms. The Hall–Kier alpha value is -0.570. The van der Waals surface area contributed by atoms with Crippen LogP contribution in [0.25, 0.3) is 0 Å². The summed E-state index contributed by atoms with van der Waals surface area (Å²) in [4.78, 5) is 2.46. The second kappa shape index (κ2) is 6.68. The van der Waals surface area contributed by atoms with Gasteiger partial charge in [-0.15, -0.1) is 0 Å². The number of likely N-dealkylation sites (N-methyl/N-ethyl adjacent to an activating group) is 1. The molecule has 0 spiro atoms. The Morgan fingerprint density at radius 3 is 2.62 bits per heavy atom. The first kappa shape index (κ1) is 16.8. The van der Waals surface area contributed by atoms with Crippen LogP contribution in [0, 0.1) is 5.41 Å². The maximum atomic E-state index is 6.21. The molecule has 2 N–H and O–H groups in total. The van der Waals surface area contributed by atoms with Gasteiger partial charge in [0.1, 0.15) is 0 Å². The van der Waals surface area contributed by atoms with Crippen molar-refractivity contribution in [1.82, 2.24) is 4.90 Å². The number of halogens is 1. The number of hydrogen-bond donors (Lipinski definition) is 1. The molecule has 1 fully saturated rings. The summed E-state index contributed by atoms with van der Waals surface area (Å²) < 4.78 is 0. The van der Waals surface area contributed by atoms with Crippen molar-refractivity contribution in [1.29, 1.82) is 0 Å². The van der Waals surface area contributed by atoms with Gasteiger partial charge in [-0.2, -0.15) is 0 Å². The molecule has 1 atom stereocenters. The van der Waals surface area contributed by atoms with Gasteiger partial charge in [0.2, 0.25) is 0 Å². The Balaban J connectivity index is 2.12. The van der Waals surface area contributed by atoms with Crippen molar-refractivity contribution in [3.8, 4) is 0 Å². The maximum Gasteiger partial charge on any atom is 0.0409 e. The summed E-state index contributed by atoms with van der Waals surface area (Å²) in [6.45, 7) is 6.42. The molecule has 1 aromatic carbocycles. The number of nitrogens with zero attached hydrogens (tertiary/aromatic N) is 1. The predicted molar refractivity (Wildman–Crippen MR) is 91.6 cm³/mol. The van der Waals surface area contributed by atoms with Gasteiger partial charge in [-0.25, -0.2) is 0 Å². The van der Waals surface area contributed by atoms with E-state index in [0.717, 1.165) is 18.1 Å². The van der Waals surface area contributed by atoms with Gasteiger partial charge in [-0.1, -0.05) is 44.0 Å². The highest BCUT2D eigenvalue weighted by atomic mass is 35.5. The number of hydrogen-bond acceptors (Lipinski definition) is 2. The molecule has 0 saturated heterocycles. The van der Waals surface area contributed by atoms with Crippen molar-refractivity contribution in [3.63, 3.8) is 0 Å². The summed E-state index contributed by atoms with van der Waals surface area (Å²) in [7, 11) is 2.21. The molecular formula is C18H29ClN2. The first-order valence-corrected chi connectivity index (χ1v) is 8.40. The largest absolute Gasteiger partial charge is 0.329 e. The Morgan fingerprint density at radius 1 is 1.19 bits per heavy atom. The average molecular weight is 309 g/mol. The predicted octanol–water partition coefficient (Wildman–Crippen LogP) is 4.46. The van der Waals surface area contributed by atoms with Crippen LogP contribution in [0.3, 0.4) is 0 Å². The van der Waals surface area contributed by atoms with Gasteiger partial charge in [0.15, 0.2) is 0 Å². The number of nitrogens with two attached hydrogens (primary N) is 1. The van der Waals surface area contributed by atoms with Gasteiger partial charge in [-0.05, 0) is 55.8 Å². The van der Waals surface area contributed by atoms with Gasteiger partial charge in [0, 0.05) is 23.7 Å².